The van der Waals surface area contributed by atoms with Crippen molar-refractivity contribution in [1.29, 1.82) is 0 Å². The molecule has 0 aliphatic carbocycles. The first-order valence-corrected chi connectivity index (χ1v) is 13.9. The second-order valence-corrected chi connectivity index (χ2v) is 8.48. The number of hydrogen-bond donors (Lipinski definition) is 1. The molecule has 7 nitrogen and oxygen atoms in total. The molecule has 2 aromatic rings. The van der Waals surface area contributed by atoms with Gasteiger partial charge >= 0.3 is 0 Å². The summed E-state index contributed by atoms with van der Waals surface area (Å²) in [6.07, 6.45) is 10.2. The molecule has 0 spiro atoms. The molecule has 0 radical (unpaired) electrons. The van der Waals surface area contributed by atoms with Gasteiger partial charge in [0.2, 0.25) is 0 Å². The van der Waals surface area contributed by atoms with E-state index in [0.717, 1.165) is 53.3 Å². The van der Waals surface area contributed by atoms with Gasteiger partial charge < -0.3 is 19.7 Å². The number of aromatic nitrogens is 2. The Labute approximate surface area is 237 Å². The number of anilines is 1. The standard InChI is InChI=1S/C28H39N5O2.2C2H6/c1-9-23(17-27-22(5)31-19-28(32-27)21(4)11-10-12-29-6)33(14-13-30-20(2)3)24-15-25(34-7)18-26(16-24)35-8;2*1-2/h10-12,15-20,23,30H,5-6,9,13-14H2,1-4,7-8H3;2*1-2H3/b12-10-,21-11+,27-17+;;. The molecule has 1 unspecified atom stereocenters. The monoisotopic (exact) mass is 537 g/mol. The maximum atomic E-state index is 5.54. The SMILES string of the molecule is C=N/C=C\C=C(/C)c1cnc(=C)/c(=C\C(CC)N(CCNC(C)C)c2cc(OC)cc(OC)c2)n1.CC.CC. The summed E-state index contributed by atoms with van der Waals surface area (Å²) in [6.45, 7) is 25.7. The van der Waals surface area contributed by atoms with E-state index in [9.17, 15) is 0 Å². The highest BCUT2D eigenvalue weighted by Gasteiger charge is 2.18. The molecule has 216 valence electrons. The predicted molar refractivity (Wildman–Crippen MR) is 170 cm³/mol. The minimum atomic E-state index is 0.0555. The Morgan fingerprint density at radius 2 is 1.72 bits per heavy atom. The van der Waals surface area contributed by atoms with Crippen LogP contribution in [-0.2, 0) is 0 Å². The third-order valence-electron chi connectivity index (χ3n) is 5.56. The first-order chi connectivity index (χ1) is 18.8. The van der Waals surface area contributed by atoms with Gasteiger partial charge in [0.25, 0.3) is 0 Å². The molecule has 0 bridgehead atoms. The summed E-state index contributed by atoms with van der Waals surface area (Å²) >= 11 is 0. The zero-order valence-corrected chi connectivity index (χ0v) is 25.9. The van der Waals surface area contributed by atoms with Crippen molar-refractivity contribution in [1.82, 2.24) is 15.3 Å². The van der Waals surface area contributed by atoms with Gasteiger partial charge in [-0.25, -0.2) is 4.98 Å². The van der Waals surface area contributed by atoms with Crippen molar-refractivity contribution in [2.75, 3.05) is 32.2 Å². The number of ether oxygens (including phenoxy) is 2. The van der Waals surface area contributed by atoms with Gasteiger partial charge in [-0.3, -0.25) is 9.98 Å². The zero-order chi connectivity index (χ0) is 29.8. The smallest absolute Gasteiger partial charge is 0.124 e. The molecule has 39 heavy (non-hydrogen) atoms. The molecule has 0 saturated carbocycles. The van der Waals surface area contributed by atoms with Gasteiger partial charge in [0.1, 0.15) is 11.5 Å². The molecule has 0 fully saturated rings. The van der Waals surface area contributed by atoms with E-state index in [1.807, 2.05) is 65.0 Å². The topological polar surface area (TPSA) is 71.9 Å². The summed E-state index contributed by atoms with van der Waals surface area (Å²) in [4.78, 5) is 15.5. The molecule has 2 rings (SSSR count). The van der Waals surface area contributed by atoms with Crippen molar-refractivity contribution >= 4 is 30.6 Å². The van der Waals surface area contributed by atoms with Gasteiger partial charge in [-0.2, -0.15) is 0 Å². The number of methoxy groups -OCH3 is 2. The summed E-state index contributed by atoms with van der Waals surface area (Å²) in [5.74, 6) is 1.50. The molecule has 0 aliphatic heterocycles. The highest BCUT2D eigenvalue weighted by molar-refractivity contribution is 5.62. The van der Waals surface area contributed by atoms with E-state index in [-0.39, 0.29) is 6.04 Å². The van der Waals surface area contributed by atoms with Crippen molar-refractivity contribution in [3.8, 4) is 11.5 Å². The van der Waals surface area contributed by atoms with Crippen LogP contribution in [0.5, 0.6) is 11.5 Å². The van der Waals surface area contributed by atoms with E-state index < -0.39 is 0 Å². The lowest BCUT2D eigenvalue weighted by molar-refractivity contribution is 0.394. The fourth-order valence-corrected chi connectivity index (χ4v) is 3.61. The summed E-state index contributed by atoms with van der Waals surface area (Å²) in [5, 5.41) is 4.93. The Morgan fingerprint density at radius 1 is 1.10 bits per heavy atom. The van der Waals surface area contributed by atoms with Crippen LogP contribution in [0.25, 0.3) is 18.2 Å². The minimum absolute atomic E-state index is 0.0555. The minimum Gasteiger partial charge on any atom is -0.497 e. The Hall–Kier alpha value is -3.45. The molecule has 0 saturated heterocycles. The van der Waals surface area contributed by atoms with Gasteiger partial charge in [0.05, 0.1) is 36.8 Å². The maximum absolute atomic E-state index is 5.54. The first kappa shape index (κ1) is 35.5. The van der Waals surface area contributed by atoms with Crippen molar-refractivity contribution in [3.05, 3.63) is 59.1 Å². The summed E-state index contributed by atoms with van der Waals surface area (Å²) in [5.41, 5.74) is 2.79. The largest absolute Gasteiger partial charge is 0.497 e. The highest BCUT2D eigenvalue weighted by Crippen LogP contribution is 2.30. The molecular weight excluding hydrogens is 486 g/mol. The fraction of sp³-hybridized carbons (Fsp3) is 0.469. The van der Waals surface area contributed by atoms with Gasteiger partial charge in [0.15, 0.2) is 0 Å². The molecule has 0 aliphatic rings. The van der Waals surface area contributed by atoms with Gasteiger partial charge in [-0.05, 0) is 37.8 Å². The van der Waals surface area contributed by atoms with Crippen LogP contribution in [0, 0.1) is 0 Å². The molecule has 0 amide bonds. The Balaban J connectivity index is 0.00000344. The van der Waals surface area contributed by atoms with Crippen LogP contribution in [0.4, 0.5) is 5.69 Å². The number of nitrogens with one attached hydrogen (secondary N) is 1. The number of aliphatic imine (C=N–C) groups is 1. The van der Waals surface area contributed by atoms with E-state index in [0.29, 0.717) is 11.4 Å². The van der Waals surface area contributed by atoms with Gasteiger partial charge in [-0.1, -0.05) is 61.1 Å². The van der Waals surface area contributed by atoms with Crippen molar-refractivity contribution in [2.45, 2.75) is 73.9 Å². The molecule has 1 heterocycles. The van der Waals surface area contributed by atoms with Crippen molar-refractivity contribution in [2.24, 2.45) is 4.99 Å². The second kappa shape index (κ2) is 20.5. The molecule has 1 aromatic heterocycles. The Kier molecular flexibility index (Phi) is 18.7. The van der Waals surface area contributed by atoms with Crippen LogP contribution in [-0.4, -0.2) is 56.1 Å². The first-order valence-electron chi connectivity index (χ1n) is 13.9. The molecule has 7 heteroatoms. The molecule has 1 aromatic carbocycles. The van der Waals surface area contributed by atoms with Crippen LogP contribution >= 0.6 is 0 Å². The summed E-state index contributed by atoms with van der Waals surface area (Å²) in [7, 11) is 3.33. The Bertz CT molecular complexity index is 1120. The van der Waals surface area contributed by atoms with E-state index in [2.05, 4.69) is 60.3 Å². The number of nitrogens with zero attached hydrogens (tertiary/aromatic N) is 4. The lowest BCUT2D eigenvalue weighted by atomic mass is 10.1. The predicted octanol–water partition coefficient (Wildman–Crippen LogP) is 5.64. The van der Waals surface area contributed by atoms with Gasteiger partial charge in [-0.15, -0.1) is 0 Å². The lowest BCUT2D eigenvalue weighted by Crippen LogP contribution is -2.42. The van der Waals surface area contributed by atoms with Crippen LogP contribution in [0.1, 0.15) is 67.5 Å². The van der Waals surface area contributed by atoms with Crippen LogP contribution in [0.3, 0.4) is 0 Å². The normalized spacial score (nSPS) is 12.3. The highest BCUT2D eigenvalue weighted by atomic mass is 16.5. The summed E-state index contributed by atoms with van der Waals surface area (Å²) in [6, 6.07) is 6.41. The fourth-order valence-electron chi connectivity index (χ4n) is 3.61. The number of rotatable bonds is 13. The number of hydrogen-bond acceptors (Lipinski definition) is 7. The average molecular weight is 538 g/mol. The lowest BCUT2D eigenvalue weighted by Gasteiger charge is -2.32. The van der Waals surface area contributed by atoms with E-state index >= 15 is 0 Å². The molecular formula is C32H51N5O2. The van der Waals surface area contributed by atoms with E-state index in [4.69, 9.17) is 14.5 Å². The van der Waals surface area contributed by atoms with E-state index in [1.165, 1.54) is 0 Å². The summed E-state index contributed by atoms with van der Waals surface area (Å²) < 4.78 is 11.1. The van der Waals surface area contributed by atoms with Crippen molar-refractivity contribution < 1.29 is 9.47 Å². The molecule has 1 N–H and O–H groups in total. The van der Waals surface area contributed by atoms with Crippen LogP contribution in [0.2, 0.25) is 0 Å². The van der Waals surface area contributed by atoms with E-state index in [1.54, 1.807) is 26.6 Å². The third kappa shape index (κ3) is 12.3. The molecule has 1 atom stereocenters. The van der Waals surface area contributed by atoms with Crippen molar-refractivity contribution in [3.63, 3.8) is 0 Å². The maximum Gasteiger partial charge on any atom is 0.124 e. The average Bonchev–Trinajstić information content (AvgIpc) is 2.96. The van der Waals surface area contributed by atoms with Crippen LogP contribution in [0.15, 0.2) is 47.7 Å². The second-order valence-electron chi connectivity index (χ2n) is 8.48. The van der Waals surface area contributed by atoms with Gasteiger partial charge in [0, 0.05) is 55.3 Å². The quantitative estimate of drug-likeness (QED) is 0.263. The number of benzene rings is 1. The third-order valence-corrected chi connectivity index (χ3v) is 5.56. The van der Waals surface area contributed by atoms with Crippen LogP contribution < -0.4 is 30.4 Å². The zero-order valence-electron chi connectivity index (χ0n) is 25.9. The Morgan fingerprint density at radius 3 is 2.23 bits per heavy atom. The number of allylic oxidation sites excluding steroid dienone is 3.